The fourth-order valence-corrected chi connectivity index (χ4v) is 1.91. The lowest BCUT2D eigenvalue weighted by atomic mass is 10.1. The highest BCUT2D eigenvalue weighted by atomic mass is 35.5. The van der Waals surface area contributed by atoms with Crippen molar-refractivity contribution < 1.29 is 18.0 Å². The van der Waals surface area contributed by atoms with Crippen LogP contribution < -0.4 is 11.1 Å². The fourth-order valence-electron chi connectivity index (χ4n) is 1.69. The topological polar surface area (TPSA) is 55.1 Å². The number of carbonyl (C=O) groups is 1. The number of halogens is 4. The van der Waals surface area contributed by atoms with Crippen molar-refractivity contribution in [3.05, 3.63) is 58.6 Å². The van der Waals surface area contributed by atoms with Crippen LogP contribution in [0.4, 0.5) is 24.5 Å². The third kappa shape index (κ3) is 3.46. The average Bonchev–Trinajstić information content (AvgIpc) is 2.40. The largest absolute Gasteiger partial charge is 0.416 e. The maximum Gasteiger partial charge on any atom is 0.416 e. The van der Waals surface area contributed by atoms with Crippen LogP contribution in [-0.4, -0.2) is 5.91 Å². The Hall–Kier alpha value is -2.21. The first-order chi connectivity index (χ1) is 9.79. The Morgan fingerprint density at radius 2 is 1.81 bits per heavy atom. The highest BCUT2D eigenvalue weighted by Gasteiger charge is 2.30. The van der Waals surface area contributed by atoms with Gasteiger partial charge in [-0.25, -0.2) is 0 Å². The van der Waals surface area contributed by atoms with Crippen molar-refractivity contribution in [2.24, 2.45) is 0 Å². The number of nitrogens with two attached hydrogens (primary N) is 1. The van der Waals surface area contributed by atoms with Crippen LogP contribution in [0.5, 0.6) is 0 Å². The van der Waals surface area contributed by atoms with E-state index < -0.39 is 17.6 Å². The van der Waals surface area contributed by atoms with Gasteiger partial charge in [-0.2, -0.15) is 13.2 Å². The summed E-state index contributed by atoms with van der Waals surface area (Å²) in [5, 5.41) is 2.67. The number of rotatable bonds is 2. The van der Waals surface area contributed by atoms with Crippen molar-refractivity contribution in [3.8, 4) is 0 Å². The monoisotopic (exact) mass is 314 g/mol. The third-order valence-electron chi connectivity index (χ3n) is 2.75. The Balaban J connectivity index is 2.25. The molecule has 1 amide bonds. The van der Waals surface area contributed by atoms with Gasteiger partial charge in [0.05, 0.1) is 27.5 Å². The summed E-state index contributed by atoms with van der Waals surface area (Å²) in [7, 11) is 0. The van der Waals surface area contributed by atoms with E-state index in [9.17, 15) is 18.0 Å². The highest BCUT2D eigenvalue weighted by Crippen LogP contribution is 2.33. The second kappa shape index (κ2) is 5.65. The summed E-state index contributed by atoms with van der Waals surface area (Å²) in [6.45, 7) is 0. The zero-order chi connectivity index (χ0) is 15.6. The van der Waals surface area contributed by atoms with E-state index in [1.165, 1.54) is 12.1 Å². The molecule has 110 valence electrons. The van der Waals surface area contributed by atoms with E-state index in [2.05, 4.69) is 5.32 Å². The SMILES string of the molecule is Nc1cc(C(F)(F)F)ccc1NC(=O)c1ccccc1Cl. The number of nitrogens with one attached hydrogen (secondary N) is 1. The van der Waals surface area contributed by atoms with Gasteiger partial charge >= 0.3 is 6.18 Å². The van der Waals surface area contributed by atoms with Crippen molar-refractivity contribution in [3.63, 3.8) is 0 Å². The van der Waals surface area contributed by atoms with Crippen LogP contribution in [0.1, 0.15) is 15.9 Å². The molecular formula is C14H10ClF3N2O. The molecule has 0 atom stereocenters. The van der Waals surface area contributed by atoms with Gasteiger partial charge < -0.3 is 11.1 Å². The second-order valence-corrected chi connectivity index (χ2v) is 4.64. The van der Waals surface area contributed by atoms with Crippen LogP contribution in [0.25, 0.3) is 0 Å². The van der Waals surface area contributed by atoms with Gasteiger partial charge in [-0.15, -0.1) is 0 Å². The van der Waals surface area contributed by atoms with Gasteiger partial charge in [0.15, 0.2) is 0 Å². The highest BCUT2D eigenvalue weighted by molar-refractivity contribution is 6.34. The second-order valence-electron chi connectivity index (χ2n) is 4.23. The first kappa shape index (κ1) is 15.2. The summed E-state index contributed by atoms with van der Waals surface area (Å²) in [6.07, 6.45) is -4.49. The summed E-state index contributed by atoms with van der Waals surface area (Å²) in [5.41, 5.74) is 4.78. The summed E-state index contributed by atoms with van der Waals surface area (Å²) in [6, 6.07) is 9.03. The minimum absolute atomic E-state index is 0.0907. The van der Waals surface area contributed by atoms with Crippen molar-refractivity contribution in [2.75, 3.05) is 11.1 Å². The van der Waals surface area contributed by atoms with E-state index in [0.717, 1.165) is 18.2 Å². The molecular weight excluding hydrogens is 305 g/mol. The Bertz CT molecular complexity index is 686. The number of alkyl halides is 3. The van der Waals surface area contributed by atoms with E-state index in [1.54, 1.807) is 12.1 Å². The molecule has 2 rings (SSSR count). The minimum Gasteiger partial charge on any atom is -0.397 e. The number of carbonyl (C=O) groups excluding carboxylic acids is 1. The molecule has 2 aromatic rings. The molecule has 0 fully saturated rings. The van der Waals surface area contributed by atoms with Crippen molar-refractivity contribution >= 4 is 28.9 Å². The number of nitrogen functional groups attached to an aromatic ring is 1. The number of anilines is 2. The third-order valence-corrected chi connectivity index (χ3v) is 3.08. The predicted molar refractivity (Wildman–Crippen MR) is 75.3 cm³/mol. The van der Waals surface area contributed by atoms with Crippen LogP contribution in [-0.2, 0) is 6.18 Å². The molecule has 0 spiro atoms. The number of hydrogen-bond acceptors (Lipinski definition) is 2. The van der Waals surface area contributed by atoms with Crippen molar-refractivity contribution in [1.82, 2.24) is 0 Å². The Kier molecular flexibility index (Phi) is 4.09. The van der Waals surface area contributed by atoms with E-state index in [0.29, 0.717) is 0 Å². The zero-order valence-electron chi connectivity index (χ0n) is 10.5. The van der Waals surface area contributed by atoms with E-state index >= 15 is 0 Å². The average molecular weight is 315 g/mol. The lowest BCUT2D eigenvalue weighted by Gasteiger charge is -2.12. The lowest BCUT2D eigenvalue weighted by Crippen LogP contribution is -2.14. The molecule has 0 aliphatic rings. The van der Waals surface area contributed by atoms with E-state index in [-0.39, 0.29) is 22.0 Å². The van der Waals surface area contributed by atoms with Gasteiger partial charge in [-0.1, -0.05) is 23.7 Å². The molecule has 0 bridgehead atoms. The van der Waals surface area contributed by atoms with Crippen LogP contribution in [0.2, 0.25) is 5.02 Å². The summed E-state index contributed by atoms with van der Waals surface area (Å²) in [4.78, 5) is 12.0. The first-order valence-corrected chi connectivity index (χ1v) is 6.19. The molecule has 0 heterocycles. The molecule has 0 aromatic heterocycles. The molecule has 3 N–H and O–H groups in total. The Labute approximate surface area is 123 Å². The molecule has 0 saturated heterocycles. The molecule has 21 heavy (non-hydrogen) atoms. The smallest absolute Gasteiger partial charge is 0.397 e. The standard InChI is InChI=1S/C14H10ClF3N2O/c15-10-4-2-1-3-9(10)13(21)20-12-6-5-8(7-11(12)19)14(16,17)18/h1-7H,19H2,(H,20,21). The van der Waals surface area contributed by atoms with Gasteiger partial charge in [-0.3, -0.25) is 4.79 Å². The van der Waals surface area contributed by atoms with Gasteiger partial charge in [0.2, 0.25) is 0 Å². The van der Waals surface area contributed by atoms with Crippen LogP contribution in [0, 0.1) is 0 Å². The zero-order valence-corrected chi connectivity index (χ0v) is 11.3. The summed E-state index contributed by atoms with van der Waals surface area (Å²) >= 11 is 5.87. The Morgan fingerprint density at radius 3 is 2.38 bits per heavy atom. The van der Waals surface area contributed by atoms with Crippen molar-refractivity contribution in [2.45, 2.75) is 6.18 Å². The maximum absolute atomic E-state index is 12.5. The van der Waals surface area contributed by atoms with E-state index in [4.69, 9.17) is 17.3 Å². The van der Waals surface area contributed by atoms with Gasteiger partial charge in [0.1, 0.15) is 0 Å². The molecule has 2 aromatic carbocycles. The first-order valence-electron chi connectivity index (χ1n) is 5.81. The molecule has 0 radical (unpaired) electrons. The van der Waals surface area contributed by atoms with Crippen LogP contribution in [0.15, 0.2) is 42.5 Å². The molecule has 0 saturated carbocycles. The van der Waals surface area contributed by atoms with Gasteiger partial charge in [0.25, 0.3) is 5.91 Å². The summed E-state index contributed by atoms with van der Waals surface area (Å²) < 4.78 is 37.6. The minimum atomic E-state index is -4.49. The van der Waals surface area contributed by atoms with Crippen LogP contribution >= 0.6 is 11.6 Å². The predicted octanol–water partition coefficient (Wildman–Crippen LogP) is 4.19. The molecule has 0 aliphatic carbocycles. The summed E-state index contributed by atoms with van der Waals surface area (Å²) in [5.74, 6) is -0.549. The number of benzene rings is 2. The quantitative estimate of drug-likeness (QED) is 0.816. The molecule has 3 nitrogen and oxygen atoms in total. The number of amides is 1. The molecule has 0 unspecified atom stereocenters. The molecule has 0 aliphatic heterocycles. The fraction of sp³-hybridized carbons (Fsp3) is 0.0714. The number of hydrogen-bond donors (Lipinski definition) is 2. The maximum atomic E-state index is 12.5. The Morgan fingerprint density at radius 1 is 1.14 bits per heavy atom. The van der Waals surface area contributed by atoms with E-state index in [1.807, 2.05) is 0 Å². The van der Waals surface area contributed by atoms with Gasteiger partial charge in [-0.05, 0) is 30.3 Å². The molecule has 7 heteroatoms. The lowest BCUT2D eigenvalue weighted by molar-refractivity contribution is -0.137. The van der Waals surface area contributed by atoms with Crippen LogP contribution in [0.3, 0.4) is 0 Å². The van der Waals surface area contributed by atoms with Gasteiger partial charge in [0, 0.05) is 0 Å². The normalized spacial score (nSPS) is 11.2. The van der Waals surface area contributed by atoms with Crippen molar-refractivity contribution in [1.29, 1.82) is 0 Å².